The molecule has 122 valence electrons. The fourth-order valence-corrected chi connectivity index (χ4v) is 3.17. The van der Waals surface area contributed by atoms with Crippen LogP contribution in [0, 0.1) is 12.8 Å². The van der Waals surface area contributed by atoms with Gasteiger partial charge in [-0.05, 0) is 48.8 Å². The maximum Gasteiger partial charge on any atom is 0.258 e. The second-order valence-electron chi connectivity index (χ2n) is 6.92. The van der Waals surface area contributed by atoms with Gasteiger partial charge in [0, 0.05) is 6.04 Å². The first-order chi connectivity index (χ1) is 10.5. The van der Waals surface area contributed by atoms with Crippen molar-refractivity contribution >= 4 is 5.91 Å². The van der Waals surface area contributed by atoms with Gasteiger partial charge in [-0.25, -0.2) is 0 Å². The summed E-state index contributed by atoms with van der Waals surface area (Å²) in [5.41, 5.74) is 2.31. The summed E-state index contributed by atoms with van der Waals surface area (Å²) in [6, 6.07) is 6.51. The van der Waals surface area contributed by atoms with Crippen LogP contribution in [0.25, 0.3) is 0 Å². The van der Waals surface area contributed by atoms with Crippen LogP contribution in [0.5, 0.6) is 5.75 Å². The maximum absolute atomic E-state index is 12.2. The van der Waals surface area contributed by atoms with Crippen molar-refractivity contribution in [1.29, 1.82) is 0 Å². The molecule has 1 aliphatic rings. The Morgan fingerprint density at radius 1 is 1.32 bits per heavy atom. The fraction of sp³-hybridized carbons (Fsp3) is 0.632. The van der Waals surface area contributed by atoms with E-state index in [-0.39, 0.29) is 12.5 Å². The molecule has 0 spiro atoms. The number of benzene rings is 1. The Balaban J connectivity index is 1.92. The van der Waals surface area contributed by atoms with Crippen LogP contribution in [0.2, 0.25) is 0 Å². The van der Waals surface area contributed by atoms with Gasteiger partial charge in [-0.3, -0.25) is 4.79 Å². The monoisotopic (exact) mass is 303 g/mol. The van der Waals surface area contributed by atoms with Crippen LogP contribution >= 0.6 is 0 Å². The minimum atomic E-state index is -0.00466. The van der Waals surface area contributed by atoms with E-state index in [1.165, 1.54) is 19.3 Å². The van der Waals surface area contributed by atoms with Crippen LogP contribution in [0.4, 0.5) is 0 Å². The molecule has 3 nitrogen and oxygen atoms in total. The zero-order valence-electron chi connectivity index (χ0n) is 14.3. The van der Waals surface area contributed by atoms with Crippen LogP contribution in [0.3, 0.4) is 0 Å². The predicted octanol–water partition coefficient (Wildman–Crippen LogP) is 4.19. The van der Waals surface area contributed by atoms with Gasteiger partial charge < -0.3 is 10.1 Å². The van der Waals surface area contributed by atoms with Gasteiger partial charge in [-0.2, -0.15) is 0 Å². The molecule has 2 rings (SSSR count). The van der Waals surface area contributed by atoms with Crippen molar-refractivity contribution in [2.45, 2.75) is 65.3 Å². The van der Waals surface area contributed by atoms with Gasteiger partial charge in [0.05, 0.1) is 0 Å². The summed E-state index contributed by atoms with van der Waals surface area (Å²) in [4.78, 5) is 12.2. The number of nitrogens with one attached hydrogen (secondary N) is 1. The molecule has 0 aromatic heterocycles. The summed E-state index contributed by atoms with van der Waals surface area (Å²) < 4.78 is 5.81. The molecule has 1 amide bonds. The smallest absolute Gasteiger partial charge is 0.258 e. The van der Waals surface area contributed by atoms with E-state index in [0.29, 0.717) is 17.9 Å². The Morgan fingerprint density at radius 2 is 2.05 bits per heavy atom. The first kappa shape index (κ1) is 16.9. The van der Waals surface area contributed by atoms with Gasteiger partial charge in [-0.15, -0.1) is 0 Å². The summed E-state index contributed by atoms with van der Waals surface area (Å²) >= 11 is 0. The van der Waals surface area contributed by atoms with Gasteiger partial charge in [-0.1, -0.05) is 45.7 Å². The summed E-state index contributed by atoms with van der Waals surface area (Å²) in [5, 5.41) is 3.14. The number of amides is 1. The lowest BCUT2D eigenvalue weighted by atomic mass is 9.86. The highest BCUT2D eigenvalue weighted by atomic mass is 16.5. The summed E-state index contributed by atoms with van der Waals surface area (Å²) in [6.07, 6.45) is 4.80. The molecule has 1 N–H and O–H groups in total. The first-order valence-electron chi connectivity index (χ1n) is 8.50. The average Bonchev–Trinajstić information content (AvgIpc) is 2.47. The number of rotatable bonds is 5. The third kappa shape index (κ3) is 4.49. The van der Waals surface area contributed by atoms with Gasteiger partial charge in [0.15, 0.2) is 6.61 Å². The zero-order valence-corrected chi connectivity index (χ0v) is 14.3. The van der Waals surface area contributed by atoms with Gasteiger partial charge >= 0.3 is 0 Å². The van der Waals surface area contributed by atoms with Gasteiger partial charge in [0.2, 0.25) is 0 Å². The quantitative estimate of drug-likeness (QED) is 0.885. The Morgan fingerprint density at radius 3 is 2.73 bits per heavy atom. The first-order valence-corrected chi connectivity index (χ1v) is 8.50. The van der Waals surface area contributed by atoms with Gasteiger partial charge in [0.1, 0.15) is 5.75 Å². The lowest BCUT2D eigenvalue weighted by Gasteiger charge is -2.29. The molecule has 2 unspecified atom stereocenters. The van der Waals surface area contributed by atoms with E-state index in [4.69, 9.17) is 4.74 Å². The molecule has 0 bridgehead atoms. The topological polar surface area (TPSA) is 38.3 Å². The molecule has 1 fully saturated rings. The van der Waals surface area contributed by atoms with E-state index < -0.39 is 0 Å². The molecule has 3 heteroatoms. The third-order valence-electron chi connectivity index (χ3n) is 4.61. The number of hydrogen-bond donors (Lipinski definition) is 1. The minimum Gasteiger partial charge on any atom is -0.483 e. The SMILES string of the molecule is Cc1ccc(C(C)C)c(OCC(=O)NC2CCCCC2C)c1. The molecule has 0 saturated heterocycles. The number of carbonyl (C=O) groups excluding carboxylic acids is 1. The maximum atomic E-state index is 12.2. The normalized spacial score (nSPS) is 21.7. The average molecular weight is 303 g/mol. The lowest BCUT2D eigenvalue weighted by molar-refractivity contribution is -0.124. The number of carbonyl (C=O) groups is 1. The molecule has 1 aromatic carbocycles. The van der Waals surface area contributed by atoms with Crippen LogP contribution < -0.4 is 10.1 Å². The van der Waals surface area contributed by atoms with Crippen molar-refractivity contribution in [2.75, 3.05) is 6.61 Å². The molecule has 1 aliphatic carbocycles. The van der Waals surface area contributed by atoms with Gasteiger partial charge in [0.25, 0.3) is 5.91 Å². The highest BCUT2D eigenvalue weighted by Gasteiger charge is 2.23. The summed E-state index contributed by atoms with van der Waals surface area (Å²) in [5.74, 6) is 1.79. The highest BCUT2D eigenvalue weighted by Crippen LogP contribution is 2.27. The fourth-order valence-electron chi connectivity index (χ4n) is 3.17. The number of hydrogen-bond acceptors (Lipinski definition) is 2. The molecule has 2 atom stereocenters. The van der Waals surface area contributed by atoms with Crippen molar-refractivity contribution in [3.05, 3.63) is 29.3 Å². The van der Waals surface area contributed by atoms with Crippen LogP contribution in [-0.4, -0.2) is 18.6 Å². The van der Waals surface area contributed by atoms with Crippen molar-refractivity contribution in [3.63, 3.8) is 0 Å². The van der Waals surface area contributed by atoms with Crippen molar-refractivity contribution < 1.29 is 9.53 Å². The van der Waals surface area contributed by atoms with Crippen LogP contribution in [0.1, 0.15) is 63.5 Å². The van der Waals surface area contributed by atoms with E-state index in [1.54, 1.807) is 0 Å². The van der Waals surface area contributed by atoms with Crippen molar-refractivity contribution in [2.24, 2.45) is 5.92 Å². The Bertz CT molecular complexity index is 510. The van der Waals surface area contributed by atoms with E-state index in [0.717, 1.165) is 23.3 Å². The minimum absolute atomic E-state index is 0.00466. The van der Waals surface area contributed by atoms with Crippen LogP contribution in [-0.2, 0) is 4.79 Å². The Labute approximate surface area is 134 Å². The molecule has 0 aliphatic heterocycles. The van der Waals surface area contributed by atoms with Crippen molar-refractivity contribution in [1.82, 2.24) is 5.32 Å². The second-order valence-corrected chi connectivity index (χ2v) is 6.92. The highest BCUT2D eigenvalue weighted by molar-refractivity contribution is 5.78. The molecule has 22 heavy (non-hydrogen) atoms. The summed E-state index contributed by atoms with van der Waals surface area (Å²) in [6.45, 7) is 8.65. The summed E-state index contributed by atoms with van der Waals surface area (Å²) in [7, 11) is 0. The number of ether oxygens (including phenoxy) is 1. The Kier molecular flexibility index (Phi) is 5.87. The largest absolute Gasteiger partial charge is 0.483 e. The van der Waals surface area contributed by atoms with E-state index in [2.05, 4.69) is 38.2 Å². The van der Waals surface area contributed by atoms with Crippen LogP contribution in [0.15, 0.2) is 18.2 Å². The molecular weight excluding hydrogens is 274 g/mol. The molecule has 0 heterocycles. The third-order valence-corrected chi connectivity index (χ3v) is 4.61. The Hall–Kier alpha value is -1.51. The number of aryl methyl sites for hydroxylation is 1. The molecule has 1 saturated carbocycles. The van der Waals surface area contributed by atoms with E-state index >= 15 is 0 Å². The van der Waals surface area contributed by atoms with E-state index in [9.17, 15) is 4.79 Å². The lowest BCUT2D eigenvalue weighted by Crippen LogP contribution is -2.43. The molecule has 0 radical (unpaired) electrons. The predicted molar refractivity (Wildman–Crippen MR) is 90.3 cm³/mol. The molecular formula is C19H29NO2. The standard InChI is InChI=1S/C19H29NO2/c1-13(2)16-10-9-14(3)11-18(16)22-12-19(21)20-17-8-6-5-7-15(17)4/h9-11,13,15,17H,5-8,12H2,1-4H3,(H,20,21). The molecule has 1 aromatic rings. The zero-order chi connectivity index (χ0) is 16.1. The van der Waals surface area contributed by atoms with Crippen molar-refractivity contribution in [3.8, 4) is 5.75 Å². The van der Waals surface area contributed by atoms with E-state index in [1.807, 2.05) is 13.0 Å². The second kappa shape index (κ2) is 7.66.